The number of carbonyl (C=O) groups is 1. The first-order valence-corrected chi connectivity index (χ1v) is 6.20. The number of hydrogen-bond donors (Lipinski definition) is 1. The van der Waals surface area contributed by atoms with Gasteiger partial charge in [0.05, 0.1) is 12.3 Å². The molecule has 1 aliphatic rings. The number of amides is 1. The smallest absolute Gasteiger partial charge is 0.257 e. The Morgan fingerprint density at radius 1 is 1.50 bits per heavy atom. The molecule has 1 fully saturated rings. The molecule has 1 N–H and O–H groups in total. The van der Waals surface area contributed by atoms with E-state index < -0.39 is 0 Å². The van der Waals surface area contributed by atoms with Gasteiger partial charge in [0.2, 0.25) is 0 Å². The first-order valence-electron chi connectivity index (χ1n) is 6.20. The van der Waals surface area contributed by atoms with Crippen molar-refractivity contribution in [3.05, 3.63) is 30.1 Å². The molecular formula is C13H18N4O. The van der Waals surface area contributed by atoms with Crippen LogP contribution in [-0.2, 0) is 4.79 Å². The number of likely N-dealkylation sites (N-methyl/N-ethyl adjacent to an activating group) is 1. The minimum Gasteiger partial charge on any atom is -0.295 e. The number of hydrazone groups is 1. The first-order chi connectivity index (χ1) is 8.77. The number of pyridine rings is 1. The standard InChI is InChI=1S/C13H18N4O/c1-17-9-3-2-4-12(17)13(18)16-15-10-11-5-7-14-8-6-11/h5-8,10,12H,2-4,9H2,1H3,(H,16,18)/b15-10+. The van der Waals surface area contributed by atoms with Gasteiger partial charge in [0, 0.05) is 12.4 Å². The molecule has 1 atom stereocenters. The average molecular weight is 246 g/mol. The summed E-state index contributed by atoms with van der Waals surface area (Å²) < 4.78 is 0. The van der Waals surface area contributed by atoms with E-state index in [1.54, 1.807) is 18.6 Å². The third-order valence-electron chi connectivity index (χ3n) is 3.17. The Balaban J connectivity index is 1.86. The van der Waals surface area contributed by atoms with Gasteiger partial charge in [-0.1, -0.05) is 6.42 Å². The van der Waals surface area contributed by atoms with Crippen molar-refractivity contribution in [2.24, 2.45) is 5.10 Å². The number of rotatable bonds is 3. The van der Waals surface area contributed by atoms with E-state index in [-0.39, 0.29) is 11.9 Å². The summed E-state index contributed by atoms with van der Waals surface area (Å²) in [4.78, 5) is 17.9. The molecule has 96 valence electrons. The van der Waals surface area contributed by atoms with Gasteiger partial charge in [-0.25, -0.2) is 5.43 Å². The van der Waals surface area contributed by atoms with E-state index in [2.05, 4.69) is 20.4 Å². The van der Waals surface area contributed by atoms with Crippen molar-refractivity contribution in [3.8, 4) is 0 Å². The molecule has 0 spiro atoms. The van der Waals surface area contributed by atoms with Crippen molar-refractivity contribution in [1.29, 1.82) is 0 Å². The molecule has 5 nitrogen and oxygen atoms in total. The average Bonchev–Trinajstić information content (AvgIpc) is 2.40. The number of hydrogen-bond acceptors (Lipinski definition) is 4. The van der Waals surface area contributed by atoms with E-state index in [0.717, 1.165) is 24.9 Å². The maximum Gasteiger partial charge on any atom is 0.257 e. The van der Waals surface area contributed by atoms with Crippen LogP contribution in [0.1, 0.15) is 24.8 Å². The molecule has 2 rings (SSSR count). The second kappa shape index (κ2) is 6.26. The van der Waals surface area contributed by atoms with Gasteiger partial charge >= 0.3 is 0 Å². The van der Waals surface area contributed by atoms with Crippen LogP contribution < -0.4 is 5.43 Å². The van der Waals surface area contributed by atoms with Gasteiger partial charge in [0.15, 0.2) is 0 Å². The van der Waals surface area contributed by atoms with Crippen LogP contribution in [0.25, 0.3) is 0 Å². The minimum absolute atomic E-state index is 0.0255. The van der Waals surface area contributed by atoms with E-state index in [9.17, 15) is 4.79 Å². The zero-order valence-electron chi connectivity index (χ0n) is 10.5. The van der Waals surface area contributed by atoms with Crippen LogP contribution in [-0.4, -0.2) is 41.6 Å². The Kier molecular flexibility index (Phi) is 4.41. The second-order valence-corrected chi connectivity index (χ2v) is 4.51. The summed E-state index contributed by atoms with van der Waals surface area (Å²) in [7, 11) is 1.98. The summed E-state index contributed by atoms with van der Waals surface area (Å²) in [5, 5.41) is 3.97. The molecule has 1 unspecified atom stereocenters. The predicted molar refractivity (Wildman–Crippen MR) is 70.2 cm³/mol. The van der Waals surface area contributed by atoms with Crippen LogP contribution in [0.4, 0.5) is 0 Å². The van der Waals surface area contributed by atoms with Gasteiger partial charge in [-0.15, -0.1) is 0 Å². The van der Waals surface area contributed by atoms with Crippen molar-refractivity contribution < 1.29 is 4.79 Å². The zero-order valence-corrected chi connectivity index (χ0v) is 10.5. The van der Waals surface area contributed by atoms with Crippen LogP contribution in [0.3, 0.4) is 0 Å². The lowest BCUT2D eigenvalue weighted by Crippen LogP contribution is -2.46. The molecule has 0 radical (unpaired) electrons. The highest BCUT2D eigenvalue weighted by Gasteiger charge is 2.25. The molecule has 0 aromatic carbocycles. The summed E-state index contributed by atoms with van der Waals surface area (Å²) in [6, 6.07) is 3.62. The molecule has 2 heterocycles. The largest absolute Gasteiger partial charge is 0.295 e. The molecule has 1 saturated heterocycles. The molecular weight excluding hydrogens is 228 g/mol. The highest BCUT2D eigenvalue weighted by molar-refractivity contribution is 5.84. The van der Waals surface area contributed by atoms with Gasteiger partial charge < -0.3 is 0 Å². The summed E-state index contributed by atoms with van der Waals surface area (Å²) >= 11 is 0. The van der Waals surface area contributed by atoms with Crippen molar-refractivity contribution in [2.75, 3.05) is 13.6 Å². The predicted octanol–water partition coefficient (Wildman–Crippen LogP) is 1.02. The van der Waals surface area contributed by atoms with E-state index in [0.29, 0.717) is 0 Å². The SMILES string of the molecule is CN1CCCCC1C(=O)N/N=C/c1ccncc1. The number of nitrogens with one attached hydrogen (secondary N) is 1. The van der Waals surface area contributed by atoms with E-state index in [4.69, 9.17) is 0 Å². The Morgan fingerprint density at radius 2 is 2.28 bits per heavy atom. The molecule has 1 aromatic heterocycles. The molecule has 18 heavy (non-hydrogen) atoms. The summed E-state index contributed by atoms with van der Waals surface area (Å²) in [5.41, 5.74) is 3.52. The maximum atomic E-state index is 11.9. The number of piperidine rings is 1. The Morgan fingerprint density at radius 3 is 3.00 bits per heavy atom. The fourth-order valence-electron chi connectivity index (χ4n) is 2.10. The van der Waals surface area contributed by atoms with Crippen LogP contribution in [0.15, 0.2) is 29.6 Å². The third kappa shape index (κ3) is 3.37. The van der Waals surface area contributed by atoms with Gasteiger partial charge in [0.1, 0.15) is 0 Å². The number of aromatic nitrogens is 1. The van der Waals surface area contributed by atoms with Gasteiger partial charge in [-0.3, -0.25) is 14.7 Å². The summed E-state index contributed by atoms with van der Waals surface area (Å²) in [6.45, 7) is 0.978. The fraction of sp³-hybridized carbons (Fsp3) is 0.462. The quantitative estimate of drug-likeness (QED) is 0.640. The molecule has 5 heteroatoms. The lowest BCUT2D eigenvalue weighted by Gasteiger charge is -2.30. The Labute approximate surface area is 107 Å². The zero-order chi connectivity index (χ0) is 12.8. The number of likely N-dealkylation sites (tertiary alicyclic amines) is 1. The highest BCUT2D eigenvalue weighted by atomic mass is 16.2. The minimum atomic E-state index is -0.0478. The molecule has 1 aromatic rings. The lowest BCUT2D eigenvalue weighted by molar-refractivity contribution is -0.126. The monoisotopic (exact) mass is 246 g/mol. The normalized spacial score (nSPS) is 21.1. The second-order valence-electron chi connectivity index (χ2n) is 4.51. The van der Waals surface area contributed by atoms with E-state index >= 15 is 0 Å². The van der Waals surface area contributed by atoms with Crippen LogP contribution in [0, 0.1) is 0 Å². The Hall–Kier alpha value is -1.75. The third-order valence-corrected chi connectivity index (χ3v) is 3.17. The lowest BCUT2D eigenvalue weighted by atomic mass is 10.0. The van der Waals surface area contributed by atoms with Gasteiger partial charge in [-0.2, -0.15) is 5.10 Å². The number of nitrogens with zero attached hydrogens (tertiary/aromatic N) is 3. The van der Waals surface area contributed by atoms with Crippen molar-refractivity contribution >= 4 is 12.1 Å². The summed E-state index contributed by atoms with van der Waals surface area (Å²) in [5.74, 6) is -0.0255. The van der Waals surface area contributed by atoms with Crippen molar-refractivity contribution in [1.82, 2.24) is 15.3 Å². The molecule has 0 aliphatic carbocycles. The Bertz CT molecular complexity index is 418. The molecule has 0 saturated carbocycles. The molecule has 0 bridgehead atoms. The highest BCUT2D eigenvalue weighted by Crippen LogP contribution is 2.14. The van der Waals surface area contributed by atoms with Crippen LogP contribution in [0.5, 0.6) is 0 Å². The maximum absolute atomic E-state index is 11.9. The first kappa shape index (κ1) is 12.7. The van der Waals surface area contributed by atoms with E-state index in [1.807, 2.05) is 19.2 Å². The van der Waals surface area contributed by atoms with Gasteiger partial charge in [-0.05, 0) is 44.1 Å². The van der Waals surface area contributed by atoms with Crippen molar-refractivity contribution in [3.63, 3.8) is 0 Å². The van der Waals surface area contributed by atoms with Crippen LogP contribution in [0.2, 0.25) is 0 Å². The molecule has 1 amide bonds. The summed E-state index contributed by atoms with van der Waals surface area (Å²) in [6.07, 6.45) is 8.20. The molecule has 1 aliphatic heterocycles. The van der Waals surface area contributed by atoms with E-state index in [1.165, 1.54) is 6.42 Å². The topological polar surface area (TPSA) is 57.6 Å². The van der Waals surface area contributed by atoms with Crippen molar-refractivity contribution in [2.45, 2.75) is 25.3 Å². The van der Waals surface area contributed by atoms with Crippen LogP contribution >= 0.6 is 0 Å². The fourth-order valence-corrected chi connectivity index (χ4v) is 2.10. The number of carbonyl (C=O) groups excluding carboxylic acids is 1. The van der Waals surface area contributed by atoms with Gasteiger partial charge in [0.25, 0.3) is 5.91 Å².